The summed E-state index contributed by atoms with van der Waals surface area (Å²) < 4.78 is 26.7. The molecule has 19 heavy (non-hydrogen) atoms. The predicted molar refractivity (Wildman–Crippen MR) is 69.0 cm³/mol. The van der Waals surface area contributed by atoms with Crippen LogP contribution in [-0.2, 0) is 0 Å². The monoisotopic (exact) mass is 268 g/mol. The molecule has 104 valence electrons. The molecule has 1 aromatic rings. The van der Waals surface area contributed by atoms with Crippen molar-refractivity contribution in [3.05, 3.63) is 35.4 Å². The topological polar surface area (TPSA) is 32.3 Å². The fourth-order valence-electron chi connectivity index (χ4n) is 2.37. The zero-order chi connectivity index (χ0) is 13.8. The number of hydrogen-bond donors (Lipinski definition) is 1. The van der Waals surface area contributed by atoms with Crippen LogP contribution in [0.2, 0.25) is 0 Å². The third kappa shape index (κ3) is 3.29. The summed E-state index contributed by atoms with van der Waals surface area (Å²) >= 11 is 0. The molecule has 0 saturated carbocycles. The van der Waals surface area contributed by atoms with Crippen LogP contribution in [0.1, 0.15) is 30.1 Å². The lowest BCUT2D eigenvalue weighted by Crippen LogP contribution is -2.41. The number of halogens is 2. The van der Waals surface area contributed by atoms with Gasteiger partial charge in [-0.15, -0.1) is 0 Å². The van der Waals surface area contributed by atoms with Crippen LogP contribution in [0.15, 0.2) is 18.2 Å². The fraction of sp³-hybridized carbons (Fsp3) is 0.500. The summed E-state index contributed by atoms with van der Waals surface area (Å²) in [6.45, 7) is 3.80. The zero-order valence-electron chi connectivity index (χ0n) is 11.0. The van der Waals surface area contributed by atoms with Crippen molar-refractivity contribution in [1.29, 1.82) is 0 Å². The van der Waals surface area contributed by atoms with Crippen molar-refractivity contribution < 1.29 is 13.6 Å². The standard InChI is InChI=1S/C14H18F2N2O/c1-2-18(9-11-4-3-7-17-11)14(19)12-8-10(15)5-6-13(12)16/h5-6,8,11,17H,2-4,7,9H2,1H3. The lowest BCUT2D eigenvalue weighted by Gasteiger charge is -2.24. The van der Waals surface area contributed by atoms with E-state index in [0.29, 0.717) is 13.1 Å². The van der Waals surface area contributed by atoms with Crippen LogP contribution in [-0.4, -0.2) is 36.5 Å². The Labute approximate surface area is 111 Å². The molecule has 0 spiro atoms. The largest absolute Gasteiger partial charge is 0.337 e. The molecule has 0 aliphatic carbocycles. The Morgan fingerprint density at radius 2 is 2.26 bits per heavy atom. The van der Waals surface area contributed by atoms with Crippen LogP contribution >= 0.6 is 0 Å². The van der Waals surface area contributed by atoms with E-state index in [2.05, 4.69) is 5.32 Å². The molecule has 1 heterocycles. The number of rotatable bonds is 4. The Bertz CT molecular complexity index is 459. The molecular formula is C14H18F2N2O. The van der Waals surface area contributed by atoms with E-state index in [1.807, 2.05) is 6.92 Å². The van der Waals surface area contributed by atoms with Gasteiger partial charge in [-0.05, 0) is 44.5 Å². The summed E-state index contributed by atoms with van der Waals surface area (Å²) in [7, 11) is 0. The minimum atomic E-state index is -0.677. The Kier molecular flexibility index (Phi) is 4.47. The first-order valence-electron chi connectivity index (χ1n) is 6.59. The minimum absolute atomic E-state index is 0.195. The van der Waals surface area contributed by atoms with Crippen LogP contribution in [0, 0.1) is 11.6 Å². The maximum Gasteiger partial charge on any atom is 0.256 e. The van der Waals surface area contributed by atoms with Gasteiger partial charge in [0.05, 0.1) is 5.56 Å². The van der Waals surface area contributed by atoms with Gasteiger partial charge in [0.2, 0.25) is 0 Å². The van der Waals surface area contributed by atoms with Crippen molar-refractivity contribution in [3.8, 4) is 0 Å². The molecule has 2 rings (SSSR count). The molecule has 0 radical (unpaired) electrons. The summed E-state index contributed by atoms with van der Waals surface area (Å²) in [6.07, 6.45) is 2.10. The van der Waals surface area contributed by atoms with Gasteiger partial charge >= 0.3 is 0 Å². The zero-order valence-corrected chi connectivity index (χ0v) is 11.0. The fourth-order valence-corrected chi connectivity index (χ4v) is 2.37. The molecule has 1 fully saturated rings. The van der Waals surface area contributed by atoms with Crippen molar-refractivity contribution >= 4 is 5.91 Å². The number of nitrogens with zero attached hydrogens (tertiary/aromatic N) is 1. The number of carbonyl (C=O) groups excluding carboxylic acids is 1. The van der Waals surface area contributed by atoms with Gasteiger partial charge in [0.25, 0.3) is 5.91 Å². The summed E-state index contributed by atoms with van der Waals surface area (Å²) in [5, 5.41) is 3.29. The molecule has 1 saturated heterocycles. The number of amides is 1. The minimum Gasteiger partial charge on any atom is -0.337 e. The second kappa shape index (κ2) is 6.10. The van der Waals surface area contributed by atoms with Crippen molar-refractivity contribution in [2.45, 2.75) is 25.8 Å². The van der Waals surface area contributed by atoms with E-state index < -0.39 is 17.5 Å². The van der Waals surface area contributed by atoms with Gasteiger partial charge < -0.3 is 10.2 Å². The summed E-state index contributed by atoms with van der Waals surface area (Å²) in [5.41, 5.74) is -0.195. The highest BCUT2D eigenvalue weighted by Gasteiger charge is 2.23. The van der Waals surface area contributed by atoms with Crippen molar-refractivity contribution in [2.24, 2.45) is 0 Å². The first-order valence-corrected chi connectivity index (χ1v) is 6.59. The lowest BCUT2D eigenvalue weighted by molar-refractivity contribution is 0.0746. The van der Waals surface area contributed by atoms with Gasteiger partial charge in [0, 0.05) is 19.1 Å². The third-order valence-corrected chi connectivity index (χ3v) is 3.43. The van der Waals surface area contributed by atoms with E-state index in [0.717, 1.165) is 37.6 Å². The molecular weight excluding hydrogens is 250 g/mol. The molecule has 1 atom stereocenters. The molecule has 0 bridgehead atoms. The highest BCUT2D eigenvalue weighted by atomic mass is 19.1. The van der Waals surface area contributed by atoms with Gasteiger partial charge in [-0.3, -0.25) is 4.79 Å². The number of likely N-dealkylation sites (N-methyl/N-ethyl adjacent to an activating group) is 1. The van der Waals surface area contributed by atoms with E-state index in [1.54, 1.807) is 4.90 Å². The molecule has 1 amide bonds. The highest BCUT2D eigenvalue weighted by molar-refractivity contribution is 5.94. The second-order valence-electron chi connectivity index (χ2n) is 4.76. The van der Waals surface area contributed by atoms with Crippen LogP contribution in [0.25, 0.3) is 0 Å². The van der Waals surface area contributed by atoms with Gasteiger partial charge in [-0.1, -0.05) is 0 Å². The smallest absolute Gasteiger partial charge is 0.256 e. The van der Waals surface area contributed by atoms with Crippen LogP contribution in [0.4, 0.5) is 8.78 Å². The van der Waals surface area contributed by atoms with Crippen LogP contribution in [0.5, 0.6) is 0 Å². The Balaban J connectivity index is 2.12. The molecule has 1 unspecified atom stereocenters. The van der Waals surface area contributed by atoms with Crippen molar-refractivity contribution in [2.75, 3.05) is 19.6 Å². The molecule has 1 aliphatic rings. The highest BCUT2D eigenvalue weighted by Crippen LogP contribution is 2.14. The van der Waals surface area contributed by atoms with Crippen molar-refractivity contribution in [1.82, 2.24) is 10.2 Å². The number of carbonyl (C=O) groups is 1. The SMILES string of the molecule is CCN(CC1CCCN1)C(=O)c1cc(F)ccc1F. The Morgan fingerprint density at radius 3 is 2.89 bits per heavy atom. The van der Waals surface area contributed by atoms with Gasteiger partial charge in [-0.25, -0.2) is 8.78 Å². The maximum absolute atomic E-state index is 13.6. The van der Waals surface area contributed by atoms with Gasteiger partial charge in [-0.2, -0.15) is 0 Å². The number of nitrogens with one attached hydrogen (secondary N) is 1. The Hall–Kier alpha value is -1.49. The van der Waals surface area contributed by atoms with Gasteiger partial charge in [0.15, 0.2) is 0 Å². The predicted octanol–water partition coefficient (Wildman–Crippen LogP) is 2.18. The van der Waals surface area contributed by atoms with E-state index in [9.17, 15) is 13.6 Å². The van der Waals surface area contributed by atoms with Gasteiger partial charge in [0.1, 0.15) is 11.6 Å². The van der Waals surface area contributed by atoms with E-state index in [4.69, 9.17) is 0 Å². The number of hydrogen-bond acceptors (Lipinski definition) is 2. The molecule has 1 aliphatic heterocycles. The Morgan fingerprint density at radius 1 is 1.47 bits per heavy atom. The van der Waals surface area contributed by atoms with Crippen molar-refractivity contribution in [3.63, 3.8) is 0 Å². The summed E-state index contributed by atoms with van der Waals surface area (Å²) in [4.78, 5) is 13.8. The second-order valence-corrected chi connectivity index (χ2v) is 4.76. The first-order chi connectivity index (χ1) is 9.11. The lowest BCUT2D eigenvalue weighted by atomic mass is 10.1. The average Bonchev–Trinajstić information content (AvgIpc) is 2.91. The van der Waals surface area contributed by atoms with E-state index >= 15 is 0 Å². The van der Waals surface area contributed by atoms with Crippen LogP contribution < -0.4 is 5.32 Å². The molecule has 1 aromatic carbocycles. The average molecular weight is 268 g/mol. The first kappa shape index (κ1) is 13.9. The quantitative estimate of drug-likeness (QED) is 0.907. The summed E-state index contributed by atoms with van der Waals surface area (Å²) in [5.74, 6) is -1.72. The van der Waals surface area contributed by atoms with E-state index in [1.165, 1.54) is 0 Å². The maximum atomic E-state index is 13.6. The summed E-state index contributed by atoms with van der Waals surface area (Å²) in [6, 6.07) is 3.22. The normalized spacial score (nSPS) is 18.6. The molecule has 3 nitrogen and oxygen atoms in total. The van der Waals surface area contributed by atoms with E-state index in [-0.39, 0.29) is 11.6 Å². The molecule has 1 N–H and O–H groups in total. The third-order valence-electron chi connectivity index (χ3n) is 3.43. The van der Waals surface area contributed by atoms with Crippen LogP contribution in [0.3, 0.4) is 0 Å². The number of benzene rings is 1. The molecule has 5 heteroatoms. The molecule has 0 aromatic heterocycles.